The van der Waals surface area contributed by atoms with Gasteiger partial charge in [-0.3, -0.25) is 4.79 Å². The number of hydrogen-bond donors (Lipinski definition) is 1. The number of ether oxygens (including phenoxy) is 2. The van der Waals surface area contributed by atoms with Gasteiger partial charge in [0.05, 0.1) is 26.4 Å². The van der Waals surface area contributed by atoms with Gasteiger partial charge in [0, 0.05) is 5.41 Å². The Hall–Kier alpha value is -0.610. The van der Waals surface area contributed by atoms with Crippen LogP contribution in [0.2, 0.25) is 0 Å². The molecule has 0 bridgehead atoms. The van der Waals surface area contributed by atoms with E-state index in [0.29, 0.717) is 32.3 Å². The molecule has 80 valence electrons. The lowest BCUT2D eigenvalue weighted by Crippen LogP contribution is -2.69. The van der Waals surface area contributed by atoms with Crippen molar-refractivity contribution in [1.29, 1.82) is 0 Å². The van der Waals surface area contributed by atoms with Gasteiger partial charge in [0.2, 0.25) is 0 Å². The molecule has 0 aromatic rings. The van der Waals surface area contributed by atoms with E-state index < -0.39 is 11.4 Å². The van der Waals surface area contributed by atoms with E-state index in [0.717, 1.165) is 0 Å². The number of carboxylic acid groups (broad SMARTS) is 1. The second-order valence-corrected chi connectivity index (χ2v) is 4.68. The van der Waals surface area contributed by atoms with E-state index in [2.05, 4.69) is 13.8 Å². The minimum absolute atomic E-state index is 0.211. The molecule has 0 atom stereocenters. The van der Waals surface area contributed by atoms with Crippen molar-refractivity contribution in [1.82, 2.24) is 0 Å². The molecule has 0 spiro atoms. The van der Waals surface area contributed by atoms with Gasteiger partial charge >= 0.3 is 5.97 Å². The summed E-state index contributed by atoms with van der Waals surface area (Å²) in [7, 11) is 0. The third-order valence-corrected chi connectivity index (χ3v) is 3.88. The van der Waals surface area contributed by atoms with E-state index in [-0.39, 0.29) is 5.41 Å². The minimum Gasteiger partial charge on any atom is -0.481 e. The second-order valence-electron chi connectivity index (χ2n) is 4.68. The lowest BCUT2D eigenvalue weighted by molar-refractivity contribution is -0.281. The molecule has 2 saturated heterocycles. The van der Waals surface area contributed by atoms with Gasteiger partial charge in [-0.1, -0.05) is 13.8 Å². The molecular formula is C10H16O4. The van der Waals surface area contributed by atoms with Crippen molar-refractivity contribution in [2.75, 3.05) is 26.4 Å². The predicted molar refractivity (Wildman–Crippen MR) is 49.0 cm³/mol. The highest BCUT2D eigenvalue weighted by molar-refractivity contribution is 5.77. The van der Waals surface area contributed by atoms with Crippen molar-refractivity contribution in [3.05, 3.63) is 0 Å². The van der Waals surface area contributed by atoms with Gasteiger partial charge in [0.25, 0.3) is 0 Å². The maximum Gasteiger partial charge on any atom is 0.315 e. The summed E-state index contributed by atoms with van der Waals surface area (Å²) in [4.78, 5) is 11.3. The second kappa shape index (κ2) is 2.94. The molecule has 4 nitrogen and oxygen atoms in total. The fourth-order valence-electron chi connectivity index (χ4n) is 2.41. The fourth-order valence-corrected chi connectivity index (χ4v) is 2.41. The van der Waals surface area contributed by atoms with Crippen molar-refractivity contribution < 1.29 is 19.4 Å². The summed E-state index contributed by atoms with van der Waals surface area (Å²) in [5.41, 5.74) is -0.906. The van der Waals surface area contributed by atoms with Gasteiger partial charge in [-0.25, -0.2) is 0 Å². The van der Waals surface area contributed by atoms with E-state index >= 15 is 0 Å². The molecule has 0 aromatic carbocycles. The third-order valence-electron chi connectivity index (χ3n) is 3.88. The summed E-state index contributed by atoms with van der Waals surface area (Å²) >= 11 is 0. The van der Waals surface area contributed by atoms with Crippen LogP contribution in [0.4, 0.5) is 0 Å². The first-order valence-corrected chi connectivity index (χ1v) is 4.94. The number of aliphatic carboxylic acids is 1. The highest BCUT2D eigenvalue weighted by atomic mass is 16.5. The zero-order valence-corrected chi connectivity index (χ0v) is 8.58. The molecule has 0 unspecified atom stereocenters. The van der Waals surface area contributed by atoms with Gasteiger partial charge < -0.3 is 14.6 Å². The van der Waals surface area contributed by atoms with E-state index in [4.69, 9.17) is 9.47 Å². The van der Waals surface area contributed by atoms with Crippen LogP contribution < -0.4 is 0 Å². The molecule has 2 heterocycles. The monoisotopic (exact) mass is 200 g/mol. The molecule has 2 rings (SSSR count). The predicted octanol–water partition coefficient (Wildman–Crippen LogP) is 0.760. The maximum absolute atomic E-state index is 11.3. The zero-order chi connectivity index (χ0) is 10.4. The molecule has 0 amide bonds. The Morgan fingerprint density at radius 1 is 1.21 bits per heavy atom. The van der Waals surface area contributed by atoms with Crippen molar-refractivity contribution in [3.8, 4) is 0 Å². The number of carboxylic acids is 1. The maximum atomic E-state index is 11.3. The number of rotatable bonds is 3. The molecule has 0 saturated carbocycles. The molecule has 2 aliphatic heterocycles. The van der Waals surface area contributed by atoms with Crippen molar-refractivity contribution in [2.45, 2.75) is 13.8 Å². The standard InChI is InChI=1S/C10H16O4/c1-7(2)9(3-13-4-9)10(8(11)12)5-14-6-10/h7H,3-6H2,1-2H3,(H,11,12). The van der Waals surface area contributed by atoms with E-state index in [1.807, 2.05) is 0 Å². The third kappa shape index (κ3) is 0.929. The zero-order valence-electron chi connectivity index (χ0n) is 8.58. The Morgan fingerprint density at radius 3 is 1.79 bits per heavy atom. The Labute approximate surface area is 83.2 Å². The molecule has 0 radical (unpaired) electrons. The number of carbonyl (C=O) groups is 1. The van der Waals surface area contributed by atoms with Gasteiger partial charge in [0.1, 0.15) is 5.41 Å². The summed E-state index contributed by atoms with van der Waals surface area (Å²) in [5.74, 6) is -0.419. The highest BCUT2D eigenvalue weighted by Crippen LogP contribution is 2.54. The van der Waals surface area contributed by atoms with Gasteiger partial charge in [-0.05, 0) is 5.92 Å². The van der Waals surface area contributed by atoms with Crippen LogP contribution in [0.3, 0.4) is 0 Å². The highest BCUT2D eigenvalue weighted by Gasteiger charge is 2.66. The normalized spacial score (nSPS) is 27.9. The lowest BCUT2D eigenvalue weighted by atomic mass is 9.55. The molecule has 0 aromatic heterocycles. The van der Waals surface area contributed by atoms with E-state index in [1.54, 1.807) is 0 Å². The first-order chi connectivity index (χ1) is 6.55. The Morgan fingerprint density at radius 2 is 1.71 bits per heavy atom. The van der Waals surface area contributed by atoms with Crippen molar-refractivity contribution in [2.24, 2.45) is 16.7 Å². The molecule has 4 heteroatoms. The quantitative estimate of drug-likeness (QED) is 0.730. The fraction of sp³-hybridized carbons (Fsp3) is 0.900. The Balaban J connectivity index is 2.29. The van der Waals surface area contributed by atoms with Crippen LogP contribution in [0.15, 0.2) is 0 Å². The van der Waals surface area contributed by atoms with Crippen molar-refractivity contribution in [3.63, 3.8) is 0 Å². The van der Waals surface area contributed by atoms with Gasteiger partial charge in [-0.15, -0.1) is 0 Å². The van der Waals surface area contributed by atoms with Crippen LogP contribution in [0, 0.1) is 16.7 Å². The van der Waals surface area contributed by atoms with Crippen LogP contribution in [0.25, 0.3) is 0 Å². The molecular weight excluding hydrogens is 184 g/mol. The first-order valence-electron chi connectivity index (χ1n) is 4.94. The lowest BCUT2D eigenvalue weighted by Gasteiger charge is -2.58. The van der Waals surface area contributed by atoms with Crippen LogP contribution in [0.5, 0.6) is 0 Å². The summed E-state index contributed by atoms with van der Waals surface area (Å²) in [5, 5.41) is 9.30. The minimum atomic E-state index is -0.735. The SMILES string of the molecule is CC(C)C1(C2(C(=O)O)COC2)COC1. The summed E-state index contributed by atoms with van der Waals surface area (Å²) in [6, 6.07) is 0. The largest absolute Gasteiger partial charge is 0.481 e. The summed E-state index contributed by atoms with van der Waals surface area (Å²) < 4.78 is 10.3. The van der Waals surface area contributed by atoms with E-state index in [9.17, 15) is 9.90 Å². The van der Waals surface area contributed by atoms with Crippen LogP contribution >= 0.6 is 0 Å². The number of hydrogen-bond acceptors (Lipinski definition) is 3. The van der Waals surface area contributed by atoms with Crippen LogP contribution in [-0.4, -0.2) is 37.5 Å². The molecule has 14 heavy (non-hydrogen) atoms. The van der Waals surface area contributed by atoms with Gasteiger partial charge in [0.15, 0.2) is 0 Å². The van der Waals surface area contributed by atoms with Crippen molar-refractivity contribution >= 4 is 5.97 Å². The Kier molecular flexibility index (Phi) is 2.08. The van der Waals surface area contributed by atoms with E-state index in [1.165, 1.54) is 0 Å². The van der Waals surface area contributed by atoms with Crippen LogP contribution in [-0.2, 0) is 14.3 Å². The average molecular weight is 200 g/mol. The smallest absolute Gasteiger partial charge is 0.315 e. The average Bonchev–Trinajstić information content (AvgIpc) is 1.89. The molecule has 2 fully saturated rings. The summed E-state index contributed by atoms with van der Waals surface area (Å²) in [6.45, 7) is 5.91. The summed E-state index contributed by atoms with van der Waals surface area (Å²) in [6.07, 6.45) is 0. The van der Waals surface area contributed by atoms with Crippen LogP contribution in [0.1, 0.15) is 13.8 Å². The Bertz CT molecular complexity index is 251. The topological polar surface area (TPSA) is 55.8 Å². The molecule has 1 N–H and O–H groups in total. The van der Waals surface area contributed by atoms with Gasteiger partial charge in [-0.2, -0.15) is 0 Å². The molecule has 0 aliphatic carbocycles. The first kappa shape index (κ1) is 9.93. The molecule has 2 aliphatic rings.